The van der Waals surface area contributed by atoms with E-state index in [4.69, 9.17) is 16.3 Å². The number of aromatic nitrogens is 1. The molecule has 0 saturated carbocycles. The molecule has 1 amide bonds. The van der Waals surface area contributed by atoms with E-state index in [0.29, 0.717) is 24.0 Å². The first kappa shape index (κ1) is 16.1. The fourth-order valence-corrected chi connectivity index (χ4v) is 3.28. The molecule has 2 aromatic rings. The van der Waals surface area contributed by atoms with Crippen LogP contribution in [0.4, 0.5) is 0 Å². The zero-order valence-electron chi connectivity index (χ0n) is 12.7. The lowest BCUT2D eigenvalue weighted by atomic mass is 10.1. The van der Waals surface area contributed by atoms with Crippen molar-refractivity contribution in [2.75, 3.05) is 18.8 Å². The lowest BCUT2D eigenvalue weighted by molar-refractivity contribution is 0.0157. The molecular weight excluding hydrogens is 332 g/mol. The molecule has 0 radical (unpaired) electrons. The SMILES string of the molecule is CCSc1ccccc1C(=O)N1CC(Oc2ccc(Cl)cn2)C1. The molecule has 0 spiro atoms. The number of rotatable bonds is 5. The number of carbonyl (C=O) groups excluding carboxylic acids is 1. The van der Waals surface area contributed by atoms with Gasteiger partial charge in [-0.2, -0.15) is 0 Å². The van der Waals surface area contributed by atoms with E-state index in [9.17, 15) is 4.79 Å². The van der Waals surface area contributed by atoms with Gasteiger partial charge in [0.15, 0.2) is 0 Å². The van der Waals surface area contributed by atoms with Crippen molar-refractivity contribution in [1.29, 1.82) is 0 Å². The van der Waals surface area contributed by atoms with E-state index in [-0.39, 0.29) is 12.0 Å². The molecule has 6 heteroatoms. The second-order valence-electron chi connectivity index (χ2n) is 5.19. The maximum Gasteiger partial charge on any atom is 0.255 e. The topological polar surface area (TPSA) is 42.4 Å². The third-order valence-electron chi connectivity index (χ3n) is 3.54. The van der Waals surface area contributed by atoms with Crippen LogP contribution in [-0.4, -0.2) is 40.7 Å². The third-order valence-corrected chi connectivity index (χ3v) is 4.72. The molecule has 1 saturated heterocycles. The van der Waals surface area contributed by atoms with Crippen LogP contribution in [0.1, 0.15) is 17.3 Å². The molecule has 3 rings (SSSR count). The van der Waals surface area contributed by atoms with Crippen molar-refractivity contribution >= 4 is 29.3 Å². The molecule has 4 nitrogen and oxygen atoms in total. The number of nitrogens with zero attached hydrogens (tertiary/aromatic N) is 2. The number of hydrogen-bond acceptors (Lipinski definition) is 4. The zero-order chi connectivity index (χ0) is 16.2. The van der Waals surface area contributed by atoms with Crippen LogP contribution >= 0.6 is 23.4 Å². The molecule has 2 heterocycles. The first-order valence-electron chi connectivity index (χ1n) is 7.46. The Labute approximate surface area is 144 Å². The highest BCUT2D eigenvalue weighted by Gasteiger charge is 2.33. The number of amides is 1. The summed E-state index contributed by atoms with van der Waals surface area (Å²) in [6, 6.07) is 11.2. The molecule has 0 aliphatic carbocycles. The minimum Gasteiger partial charge on any atom is -0.471 e. The van der Waals surface area contributed by atoms with E-state index in [2.05, 4.69) is 11.9 Å². The van der Waals surface area contributed by atoms with Gasteiger partial charge in [0.1, 0.15) is 6.10 Å². The van der Waals surface area contributed by atoms with Crippen molar-refractivity contribution in [2.45, 2.75) is 17.9 Å². The van der Waals surface area contributed by atoms with Gasteiger partial charge in [0.2, 0.25) is 5.88 Å². The number of halogens is 1. The number of pyridine rings is 1. The Morgan fingerprint density at radius 2 is 2.13 bits per heavy atom. The van der Waals surface area contributed by atoms with Crippen LogP contribution in [0.25, 0.3) is 0 Å². The van der Waals surface area contributed by atoms with Gasteiger partial charge in [-0.1, -0.05) is 30.7 Å². The van der Waals surface area contributed by atoms with Gasteiger partial charge in [0, 0.05) is 17.2 Å². The molecule has 0 bridgehead atoms. The molecule has 1 fully saturated rings. The molecule has 1 aliphatic heterocycles. The predicted molar refractivity (Wildman–Crippen MR) is 92.4 cm³/mol. The lowest BCUT2D eigenvalue weighted by Gasteiger charge is -2.38. The molecule has 0 N–H and O–H groups in total. The van der Waals surface area contributed by atoms with Crippen LogP contribution in [0.3, 0.4) is 0 Å². The van der Waals surface area contributed by atoms with E-state index in [1.165, 1.54) is 0 Å². The van der Waals surface area contributed by atoms with Gasteiger partial charge < -0.3 is 9.64 Å². The van der Waals surface area contributed by atoms with Crippen LogP contribution in [-0.2, 0) is 0 Å². The molecule has 1 aliphatic rings. The molecule has 1 aromatic carbocycles. The van der Waals surface area contributed by atoms with E-state index in [1.54, 1.807) is 35.0 Å². The normalized spacial score (nSPS) is 14.4. The van der Waals surface area contributed by atoms with Crippen molar-refractivity contribution in [1.82, 2.24) is 9.88 Å². The predicted octanol–water partition coefficient (Wildman–Crippen LogP) is 3.75. The minimum absolute atomic E-state index is 0.0152. The number of carbonyl (C=O) groups is 1. The van der Waals surface area contributed by atoms with Crippen molar-refractivity contribution in [2.24, 2.45) is 0 Å². The molecular formula is C17H17ClN2O2S. The van der Waals surface area contributed by atoms with E-state index < -0.39 is 0 Å². The van der Waals surface area contributed by atoms with Gasteiger partial charge in [-0.05, 0) is 24.0 Å². The first-order chi connectivity index (χ1) is 11.2. The Bertz CT molecular complexity index is 687. The maximum absolute atomic E-state index is 12.6. The Morgan fingerprint density at radius 1 is 1.35 bits per heavy atom. The highest BCUT2D eigenvalue weighted by molar-refractivity contribution is 7.99. The molecule has 1 aromatic heterocycles. The zero-order valence-corrected chi connectivity index (χ0v) is 14.3. The third kappa shape index (κ3) is 3.79. The summed E-state index contributed by atoms with van der Waals surface area (Å²) in [7, 11) is 0. The van der Waals surface area contributed by atoms with E-state index in [1.807, 2.05) is 24.3 Å². The second kappa shape index (κ2) is 7.23. The largest absolute Gasteiger partial charge is 0.471 e. The van der Waals surface area contributed by atoms with E-state index in [0.717, 1.165) is 16.2 Å². The summed E-state index contributed by atoms with van der Waals surface area (Å²) in [5, 5.41) is 0.577. The maximum atomic E-state index is 12.6. The Morgan fingerprint density at radius 3 is 2.83 bits per heavy atom. The summed E-state index contributed by atoms with van der Waals surface area (Å²) in [5.41, 5.74) is 0.766. The summed E-state index contributed by atoms with van der Waals surface area (Å²) in [4.78, 5) is 19.5. The number of ether oxygens (including phenoxy) is 1. The van der Waals surface area contributed by atoms with Gasteiger partial charge in [-0.25, -0.2) is 4.98 Å². The van der Waals surface area contributed by atoms with Crippen molar-refractivity contribution in [3.63, 3.8) is 0 Å². The summed E-state index contributed by atoms with van der Waals surface area (Å²) in [6.45, 7) is 3.24. The Kier molecular flexibility index (Phi) is 5.08. The summed E-state index contributed by atoms with van der Waals surface area (Å²) in [6.07, 6.45) is 1.54. The Balaban J connectivity index is 1.58. The van der Waals surface area contributed by atoms with Gasteiger partial charge >= 0.3 is 0 Å². The van der Waals surface area contributed by atoms with Crippen molar-refractivity contribution in [3.8, 4) is 5.88 Å². The monoisotopic (exact) mass is 348 g/mol. The first-order valence-corrected chi connectivity index (χ1v) is 8.83. The average molecular weight is 349 g/mol. The van der Waals surface area contributed by atoms with E-state index >= 15 is 0 Å². The van der Waals surface area contributed by atoms with Crippen molar-refractivity contribution < 1.29 is 9.53 Å². The molecule has 0 unspecified atom stereocenters. The second-order valence-corrected chi connectivity index (χ2v) is 6.94. The van der Waals surface area contributed by atoms with Crippen LogP contribution in [0.15, 0.2) is 47.5 Å². The van der Waals surface area contributed by atoms with Gasteiger partial charge in [-0.15, -0.1) is 11.8 Å². The Hall–Kier alpha value is -1.72. The van der Waals surface area contributed by atoms with Crippen LogP contribution in [0, 0.1) is 0 Å². The number of likely N-dealkylation sites (tertiary alicyclic amines) is 1. The van der Waals surface area contributed by atoms with Gasteiger partial charge in [0.25, 0.3) is 5.91 Å². The van der Waals surface area contributed by atoms with Crippen LogP contribution in [0.2, 0.25) is 5.02 Å². The molecule has 23 heavy (non-hydrogen) atoms. The number of thioether (sulfide) groups is 1. The standard InChI is InChI=1S/C17H17ClN2O2S/c1-2-23-15-6-4-3-5-14(15)17(21)20-10-13(11-20)22-16-8-7-12(18)9-19-16/h3-9,13H,2,10-11H2,1H3. The highest BCUT2D eigenvalue weighted by atomic mass is 35.5. The van der Waals surface area contributed by atoms with Crippen LogP contribution in [0.5, 0.6) is 5.88 Å². The smallest absolute Gasteiger partial charge is 0.255 e. The van der Waals surface area contributed by atoms with Gasteiger partial charge in [0.05, 0.1) is 23.7 Å². The fraction of sp³-hybridized carbons (Fsp3) is 0.294. The number of benzene rings is 1. The molecule has 120 valence electrons. The lowest BCUT2D eigenvalue weighted by Crippen LogP contribution is -2.56. The highest BCUT2D eigenvalue weighted by Crippen LogP contribution is 2.26. The summed E-state index contributed by atoms with van der Waals surface area (Å²) in [5.74, 6) is 1.54. The van der Waals surface area contributed by atoms with Gasteiger partial charge in [-0.3, -0.25) is 4.79 Å². The minimum atomic E-state index is -0.0152. The van der Waals surface area contributed by atoms with Crippen molar-refractivity contribution in [3.05, 3.63) is 53.2 Å². The fourth-order valence-electron chi connectivity index (χ4n) is 2.38. The number of hydrogen-bond donors (Lipinski definition) is 0. The quantitative estimate of drug-likeness (QED) is 0.772. The summed E-state index contributed by atoms with van der Waals surface area (Å²) >= 11 is 7.48. The summed E-state index contributed by atoms with van der Waals surface area (Å²) < 4.78 is 5.73. The van der Waals surface area contributed by atoms with Crippen LogP contribution < -0.4 is 4.74 Å². The average Bonchev–Trinajstić information content (AvgIpc) is 2.52. The molecule has 0 atom stereocenters.